The minimum atomic E-state index is -4.86. The van der Waals surface area contributed by atoms with E-state index < -0.39 is 38.3 Å². The fourth-order valence-corrected chi connectivity index (χ4v) is 3.21. The summed E-state index contributed by atoms with van der Waals surface area (Å²) in [5.41, 5.74) is -6.72. The maximum Gasteiger partial charge on any atom is 0.475 e. The molecule has 0 fully saturated rings. The van der Waals surface area contributed by atoms with Gasteiger partial charge in [-0.3, -0.25) is 4.98 Å². The molecule has 0 spiro atoms. The molecule has 158 valence electrons. The Hall–Kier alpha value is -3.41. The lowest BCUT2D eigenvalue weighted by Gasteiger charge is -2.12. The van der Waals surface area contributed by atoms with Gasteiger partial charge in [0.25, 0.3) is 0 Å². The molecule has 0 amide bonds. The van der Waals surface area contributed by atoms with Crippen LogP contribution in [-0.2, 0) is 17.8 Å². The van der Waals surface area contributed by atoms with Crippen molar-refractivity contribution >= 4 is 10.8 Å². The van der Waals surface area contributed by atoms with Gasteiger partial charge in [0.2, 0.25) is 0 Å². The molecule has 1 N–H and O–H groups in total. The molecule has 3 aromatic rings. The average Bonchev–Trinajstić information content (AvgIpc) is 2.67. The van der Waals surface area contributed by atoms with Crippen LogP contribution >= 0.6 is 0 Å². The number of ether oxygens (including phenoxy) is 1. The second kappa shape index (κ2) is 7.78. The lowest BCUT2D eigenvalue weighted by atomic mass is 10.2. The highest BCUT2D eigenvalue weighted by Crippen LogP contribution is 2.30. The van der Waals surface area contributed by atoms with Gasteiger partial charge in [0, 0.05) is 11.9 Å². The number of aromatic amines is 1. The first-order chi connectivity index (χ1) is 14.0. The summed E-state index contributed by atoms with van der Waals surface area (Å²) in [5.74, 6) is 0.517. The van der Waals surface area contributed by atoms with Crippen LogP contribution in [-0.4, -0.2) is 23.8 Å². The molecular weight excluding hydrogens is 427 g/mol. The Labute approximate surface area is 168 Å². The fraction of sp³-hybridized carbons (Fsp3) is 0.167. The number of H-pyrrole nitrogens is 1. The zero-order chi connectivity index (χ0) is 22.2. The quantitative estimate of drug-likeness (QED) is 0.667. The van der Waals surface area contributed by atoms with Crippen molar-refractivity contribution in [3.05, 3.63) is 79.5 Å². The Morgan fingerprint density at radius 3 is 2.20 bits per heavy atom. The number of alkyl halides is 3. The van der Waals surface area contributed by atoms with Crippen LogP contribution in [0.15, 0.2) is 61.7 Å². The molecule has 1 aromatic heterocycles. The van der Waals surface area contributed by atoms with Crippen molar-refractivity contribution < 1.29 is 22.1 Å². The molecule has 0 aliphatic carbocycles. The van der Waals surface area contributed by atoms with Crippen molar-refractivity contribution in [2.75, 3.05) is 0 Å². The van der Waals surface area contributed by atoms with Gasteiger partial charge in [0.15, 0.2) is 10.8 Å². The number of benzene rings is 2. The molecule has 0 aliphatic heterocycles. The summed E-state index contributed by atoms with van der Waals surface area (Å²) in [4.78, 5) is 37.3. The Morgan fingerprint density at radius 2 is 1.63 bits per heavy atom. The molecule has 0 bridgehead atoms. The van der Waals surface area contributed by atoms with E-state index in [2.05, 4.69) is 0 Å². The maximum atomic E-state index is 12.5. The first kappa shape index (κ1) is 21.3. The van der Waals surface area contributed by atoms with Crippen molar-refractivity contribution in [2.24, 2.45) is 7.05 Å². The summed E-state index contributed by atoms with van der Waals surface area (Å²) >= 11 is 0. The highest BCUT2D eigenvalue weighted by atomic mass is 32.2. The SMILES string of the molecule is Cc1cc(-n2c(=O)[nH]c(=O)n(C)c2=O)ccc1Oc1ccc([S@@](=O)C(F)(F)F)cc1. The highest BCUT2D eigenvalue weighted by Gasteiger charge is 2.37. The minimum Gasteiger partial charge on any atom is -0.457 e. The van der Waals surface area contributed by atoms with Crippen LogP contribution in [0.2, 0.25) is 0 Å². The zero-order valence-corrected chi connectivity index (χ0v) is 16.3. The molecule has 3 rings (SSSR count). The van der Waals surface area contributed by atoms with E-state index in [0.29, 0.717) is 11.3 Å². The molecule has 0 saturated carbocycles. The van der Waals surface area contributed by atoms with Crippen molar-refractivity contribution in [3.63, 3.8) is 0 Å². The monoisotopic (exact) mass is 441 g/mol. The number of rotatable bonds is 4. The predicted octanol–water partition coefficient (Wildman–Crippen LogP) is 1.95. The van der Waals surface area contributed by atoms with Gasteiger partial charge in [-0.1, -0.05) is 0 Å². The summed E-state index contributed by atoms with van der Waals surface area (Å²) < 4.78 is 56.0. The number of aromatic nitrogens is 3. The third kappa shape index (κ3) is 4.13. The van der Waals surface area contributed by atoms with Gasteiger partial charge >= 0.3 is 22.6 Å². The Balaban J connectivity index is 1.90. The number of aryl methyl sites for hydroxylation is 1. The van der Waals surface area contributed by atoms with Crippen LogP contribution in [0.4, 0.5) is 13.2 Å². The van der Waals surface area contributed by atoms with Gasteiger partial charge < -0.3 is 4.74 Å². The molecule has 1 heterocycles. The maximum absolute atomic E-state index is 12.5. The first-order valence-corrected chi connectivity index (χ1v) is 9.44. The van der Waals surface area contributed by atoms with Gasteiger partial charge in [-0.2, -0.15) is 13.2 Å². The zero-order valence-electron chi connectivity index (χ0n) is 15.5. The summed E-state index contributed by atoms with van der Waals surface area (Å²) in [5, 5.41) is 0. The Bertz CT molecular complexity index is 1310. The van der Waals surface area contributed by atoms with Crippen molar-refractivity contribution in [1.82, 2.24) is 14.1 Å². The van der Waals surface area contributed by atoms with Crippen molar-refractivity contribution in [1.29, 1.82) is 0 Å². The van der Waals surface area contributed by atoms with E-state index in [1.165, 1.54) is 37.4 Å². The van der Waals surface area contributed by atoms with Gasteiger partial charge in [0.05, 0.1) is 5.69 Å². The molecule has 0 saturated heterocycles. The second-order valence-corrected chi connectivity index (χ2v) is 7.62. The normalized spacial score (nSPS) is 12.6. The number of nitrogens with one attached hydrogen (secondary N) is 1. The third-order valence-electron chi connectivity index (χ3n) is 4.09. The van der Waals surface area contributed by atoms with Gasteiger partial charge in [-0.05, 0) is 55.0 Å². The van der Waals surface area contributed by atoms with E-state index >= 15 is 0 Å². The molecule has 1 atom stereocenters. The van der Waals surface area contributed by atoms with E-state index in [-0.39, 0.29) is 11.4 Å². The standard InChI is InChI=1S/C18H14F3N3O5S/c1-10-9-11(24-16(26)22-15(25)23(2)17(24)27)3-8-14(10)29-12-4-6-13(7-5-12)30(28)18(19,20)21/h3-9H,1-2H3,(H,22,25,26)/t30-/m1/s1. The van der Waals surface area contributed by atoms with E-state index in [4.69, 9.17) is 4.74 Å². The lowest BCUT2D eigenvalue weighted by molar-refractivity contribution is -0.0384. The summed E-state index contributed by atoms with van der Waals surface area (Å²) in [6.07, 6.45) is 0. The fourth-order valence-electron chi connectivity index (χ4n) is 2.56. The third-order valence-corrected chi connectivity index (χ3v) is 5.21. The molecule has 0 radical (unpaired) electrons. The molecule has 2 aromatic carbocycles. The summed E-state index contributed by atoms with van der Waals surface area (Å²) in [7, 11) is -1.92. The second-order valence-electron chi connectivity index (χ2n) is 6.15. The van der Waals surface area contributed by atoms with Gasteiger partial charge in [-0.25, -0.2) is 27.7 Å². The van der Waals surface area contributed by atoms with Crippen LogP contribution in [0.5, 0.6) is 11.5 Å². The summed E-state index contributed by atoms with van der Waals surface area (Å²) in [6, 6.07) is 8.94. The van der Waals surface area contributed by atoms with Crippen LogP contribution in [0.25, 0.3) is 5.69 Å². The van der Waals surface area contributed by atoms with E-state index in [1.54, 1.807) is 6.92 Å². The lowest BCUT2D eigenvalue weighted by Crippen LogP contribution is -2.47. The van der Waals surface area contributed by atoms with Crippen molar-refractivity contribution in [2.45, 2.75) is 17.3 Å². The Kier molecular flexibility index (Phi) is 5.53. The molecule has 8 nitrogen and oxygen atoms in total. The van der Waals surface area contributed by atoms with Crippen LogP contribution in [0.1, 0.15) is 5.56 Å². The van der Waals surface area contributed by atoms with E-state index in [9.17, 15) is 31.8 Å². The minimum absolute atomic E-state index is 0.192. The number of hydrogen-bond acceptors (Lipinski definition) is 5. The van der Waals surface area contributed by atoms with Gasteiger partial charge in [-0.15, -0.1) is 0 Å². The summed E-state index contributed by atoms with van der Waals surface area (Å²) in [6.45, 7) is 1.63. The molecule has 0 aliphatic rings. The van der Waals surface area contributed by atoms with E-state index in [1.807, 2.05) is 4.98 Å². The topological polar surface area (TPSA) is 103 Å². The molecule has 30 heavy (non-hydrogen) atoms. The largest absolute Gasteiger partial charge is 0.475 e. The van der Waals surface area contributed by atoms with E-state index in [0.717, 1.165) is 21.3 Å². The molecule has 12 heteroatoms. The van der Waals surface area contributed by atoms with Gasteiger partial charge in [0.1, 0.15) is 11.5 Å². The predicted molar refractivity (Wildman–Crippen MR) is 102 cm³/mol. The first-order valence-electron chi connectivity index (χ1n) is 8.29. The number of hydrogen-bond donors (Lipinski definition) is 1. The Morgan fingerprint density at radius 1 is 1.00 bits per heavy atom. The highest BCUT2D eigenvalue weighted by molar-refractivity contribution is 7.86. The van der Waals surface area contributed by atoms with Crippen LogP contribution < -0.4 is 21.8 Å². The molecular formula is C18H14F3N3O5S. The molecule has 0 unspecified atom stereocenters. The smallest absolute Gasteiger partial charge is 0.457 e. The average molecular weight is 441 g/mol. The van der Waals surface area contributed by atoms with Crippen LogP contribution in [0, 0.1) is 6.92 Å². The number of nitrogens with zero attached hydrogens (tertiary/aromatic N) is 2. The number of halogens is 3. The van der Waals surface area contributed by atoms with Crippen molar-refractivity contribution in [3.8, 4) is 17.2 Å². The van der Waals surface area contributed by atoms with Crippen LogP contribution in [0.3, 0.4) is 0 Å².